The Morgan fingerprint density at radius 3 is 2.45 bits per heavy atom. The fourth-order valence-corrected chi connectivity index (χ4v) is 7.32. The van der Waals surface area contributed by atoms with Crippen LogP contribution in [-0.4, -0.2) is 0 Å². The molecule has 3 nitrogen and oxygen atoms in total. The Morgan fingerprint density at radius 1 is 0.868 bits per heavy atom. The van der Waals surface area contributed by atoms with E-state index in [1.807, 2.05) is 12.1 Å². The van der Waals surface area contributed by atoms with E-state index in [9.17, 15) is 5.26 Å². The Morgan fingerprint density at radius 2 is 1.66 bits per heavy atom. The first-order valence-electron chi connectivity index (χ1n) is 14.1. The van der Waals surface area contributed by atoms with Gasteiger partial charge in [-0.15, -0.1) is 0 Å². The molecule has 188 valence electrons. The first kappa shape index (κ1) is 23.2. The van der Waals surface area contributed by atoms with Crippen LogP contribution in [0.4, 0.5) is 0 Å². The molecule has 3 aromatic carbocycles. The predicted molar refractivity (Wildman–Crippen MR) is 153 cm³/mol. The van der Waals surface area contributed by atoms with E-state index in [1.54, 1.807) is 5.56 Å². The summed E-state index contributed by atoms with van der Waals surface area (Å²) in [5.74, 6) is 1.54. The minimum absolute atomic E-state index is 0.668. The molecule has 0 radical (unpaired) electrons. The van der Waals surface area contributed by atoms with Crippen molar-refractivity contribution in [2.45, 2.75) is 57.8 Å². The van der Waals surface area contributed by atoms with Gasteiger partial charge >= 0.3 is 0 Å². The number of nitriles is 1. The van der Waals surface area contributed by atoms with Gasteiger partial charge in [-0.25, -0.2) is 4.57 Å². The molecule has 0 bridgehead atoms. The second kappa shape index (κ2) is 9.14. The third-order valence-electron chi connectivity index (χ3n) is 9.22. The number of fused-ring (bicyclic) bond motifs is 4. The summed E-state index contributed by atoms with van der Waals surface area (Å²) in [4.78, 5) is 0. The van der Waals surface area contributed by atoms with Crippen LogP contribution in [0.1, 0.15) is 66.7 Å². The molecule has 1 atom stereocenters. The van der Waals surface area contributed by atoms with Crippen LogP contribution < -0.4 is 4.57 Å². The average Bonchev–Trinajstić information content (AvgIpc) is 3.54. The van der Waals surface area contributed by atoms with Gasteiger partial charge < -0.3 is 4.42 Å². The highest BCUT2D eigenvalue weighted by atomic mass is 16.3. The van der Waals surface area contributed by atoms with E-state index >= 15 is 0 Å². The van der Waals surface area contributed by atoms with E-state index in [0.717, 1.165) is 56.7 Å². The van der Waals surface area contributed by atoms with Crippen molar-refractivity contribution in [3.63, 3.8) is 0 Å². The van der Waals surface area contributed by atoms with Gasteiger partial charge in [0.1, 0.15) is 18.2 Å². The van der Waals surface area contributed by atoms with E-state index < -0.39 is 0 Å². The number of aryl methyl sites for hydroxylation is 3. The minimum Gasteiger partial charge on any atom is -0.454 e. The highest BCUT2D eigenvalue weighted by Crippen LogP contribution is 2.47. The van der Waals surface area contributed by atoms with Crippen LogP contribution in [0.5, 0.6) is 0 Å². The Hall–Kier alpha value is -3.90. The fourth-order valence-electron chi connectivity index (χ4n) is 7.32. The molecule has 2 aromatic heterocycles. The van der Waals surface area contributed by atoms with Crippen molar-refractivity contribution in [3.05, 3.63) is 89.1 Å². The van der Waals surface area contributed by atoms with Crippen LogP contribution in [0.2, 0.25) is 0 Å². The predicted octanol–water partition coefficient (Wildman–Crippen LogP) is 8.53. The van der Waals surface area contributed by atoms with Gasteiger partial charge in [-0.3, -0.25) is 0 Å². The number of hydrogen-bond acceptors (Lipinski definition) is 2. The number of furan rings is 1. The molecular formula is C35H33N2O+. The number of aromatic nitrogens is 1. The van der Waals surface area contributed by atoms with Crippen LogP contribution in [0.25, 0.3) is 44.3 Å². The van der Waals surface area contributed by atoms with Gasteiger partial charge in [0.2, 0.25) is 5.69 Å². The summed E-state index contributed by atoms with van der Waals surface area (Å²) in [7, 11) is 2.07. The third kappa shape index (κ3) is 3.58. The Labute approximate surface area is 224 Å². The van der Waals surface area contributed by atoms with Gasteiger partial charge in [0.15, 0.2) is 6.20 Å². The molecule has 0 N–H and O–H groups in total. The quantitative estimate of drug-likeness (QED) is 0.234. The Balaban J connectivity index is 1.42. The van der Waals surface area contributed by atoms with Crippen molar-refractivity contribution >= 4 is 21.9 Å². The van der Waals surface area contributed by atoms with E-state index in [1.165, 1.54) is 49.7 Å². The van der Waals surface area contributed by atoms with Gasteiger partial charge in [-0.2, -0.15) is 5.26 Å². The standard InChI is InChI=1S/C35H33N2O/c1-22-11-15-29-30-18-14-26(21-36)33(35(30)38-34(29)32(22)31-10-6-7-19-37(31)2)25-13-17-28-24(20-25)12-16-27(28)23-8-4-3-5-9-23/h6-7,10-11,13-15,17-20,23,27H,3-5,8-9,12,16H2,1-2H3/q+1. The van der Waals surface area contributed by atoms with Crippen molar-refractivity contribution in [1.29, 1.82) is 5.26 Å². The van der Waals surface area contributed by atoms with Crippen LogP contribution in [0.15, 0.2) is 71.3 Å². The smallest absolute Gasteiger partial charge is 0.216 e. The highest BCUT2D eigenvalue weighted by Gasteiger charge is 2.31. The Kier molecular flexibility index (Phi) is 5.59. The summed E-state index contributed by atoms with van der Waals surface area (Å²) in [6.45, 7) is 2.14. The van der Waals surface area contributed by atoms with E-state index in [2.05, 4.69) is 79.3 Å². The highest BCUT2D eigenvalue weighted by molar-refractivity contribution is 6.14. The van der Waals surface area contributed by atoms with Crippen molar-refractivity contribution < 1.29 is 8.98 Å². The third-order valence-corrected chi connectivity index (χ3v) is 9.22. The average molecular weight is 498 g/mol. The van der Waals surface area contributed by atoms with Crippen molar-refractivity contribution in [2.24, 2.45) is 13.0 Å². The minimum atomic E-state index is 0.668. The van der Waals surface area contributed by atoms with Crippen molar-refractivity contribution in [3.8, 4) is 28.5 Å². The monoisotopic (exact) mass is 497 g/mol. The Bertz CT molecular complexity index is 1750. The summed E-state index contributed by atoms with van der Waals surface area (Å²) < 4.78 is 8.91. The van der Waals surface area contributed by atoms with Crippen LogP contribution in [-0.2, 0) is 13.5 Å². The zero-order valence-electron chi connectivity index (χ0n) is 22.3. The van der Waals surface area contributed by atoms with Crippen molar-refractivity contribution in [1.82, 2.24) is 0 Å². The molecular weight excluding hydrogens is 464 g/mol. The summed E-state index contributed by atoms with van der Waals surface area (Å²) in [5.41, 5.74) is 10.8. The molecule has 0 saturated heterocycles. The van der Waals surface area contributed by atoms with Crippen molar-refractivity contribution in [2.75, 3.05) is 0 Å². The van der Waals surface area contributed by atoms with Gasteiger partial charge in [-0.1, -0.05) is 49.6 Å². The lowest BCUT2D eigenvalue weighted by atomic mass is 9.77. The summed E-state index contributed by atoms with van der Waals surface area (Å²) in [6, 6.07) is 24.0. The first-order valence-corrected chi connectivity index (χ1v) is 14.1. The van der Waals surface area contributed by atoms with Crippen LogP contribution in [0.3, 0.4) is 0 Å². The van der Waals surface area contributed by atoms with Gasteiger partial charge in [0.25, 0.3) is 0 Å². The SMILES string of the molecule is Cc1ccc2c(oc3c(-c4ccc5c(c4)CCC5C4CCCCC4)c(C#N)ccc32)c1-c1cccc[n+]1C. The molecule has 2 aliphatic rings. The number of hydrogen-bond donors (Lipinski definition) is 0. The molecule has 2 heterocycles. The molecule has 7 rings (SSSR count). The van der Waals surface area contributed by atoms with Gasteiger partial charge in [-0.05, 0) is 84.9 Å². The lowest BCUT2D eigenvalue weighted by Gasteiger charge is -2.28. The van der Waals surface area contributed by atoms with Gasteiger partial charge in [0.05, 0.1) is 17.2 Å². The molecule has 38 heavy (non-hydrogen) atoms. The lowest BCUT2D eigenvalue weighted by Crippen LogP contribution is -2.30. The molecule has 1 unspecified atom stereocenters. The number of rotatable bonds is 3. The second-order valence-corrected chi connectivity index (χ2v) is 11.4. The van der Waals surface area contributed by atoms with E-state index in [4.69, 9.17) is 4.42 Å². The maximum Gasteiger partial charge on any atom is 0.216 e. The maximum atomic E-state index is 10.1. The maximum absolute atomic E-state index is 10.1. The number of benzene rings is 3. The normalized spacial score (nSPS) is 17.7. The fraction of sp³-hybridized carbons (Fsp3) is 0.314. The molecule has 0 amide bonds. The van der Waals surface area contributed by atoms with Crippen LogP contribution >= 0.6 is 0 Å². The molecule has 2 aliphatic carbocycles. The molecule has 3 heteroatoms. The van der Waals surface area contributed by atoms with E-state index in [0.29, 0.717) is 11.5 Å². The summed E-state index contributed by atoms with van der Waals surface area (Å²) >= 11 is 0. The topological polar surface area (TPSA) is 40.8 Å². The van der Waals surface area contributed by atoms with Crippen LogP contribution in [0, 0.1) is 24.2 Å². The summed E-state index contributed by atoms with van der Waals surface area (Å²) in [6.07, 6.45) is 11.4. The number of pyridine rings is 1. The molecule has 1 saturated carbocycles. The number of nitrogens with zero attached hydrogens (tertiary/aromatic N) is 2. The summed E-state index contributed by atoms with van der Waals surface area (Å²) in [5, 5.41) is 12.3. The van der Waals surface area contributed by atoms with E-state index in [-0.39, 0.29) is 0 Å². The molecule has 1 fully saturated rings. The molecule has 0 spiro atoms. The largest absolute Gasteiger partial charge is 0.454 e. The lowest BCUT2D eigenvalue weighted by molar-refractivity contribution is -0.660. The zero-order chi connectivity index (χ0) is 25.8. The van der Waals surface area contributed by atoms with Gasteiger partial charge in [0, 0.05) is 28.5 Å². The molecule has 0 aliphatic heterocycles. The second-order valence-electron chi connectivity index (χ2n) is 11.4. The zero-order valence-corrected chi connectivity index (χ0v) is 22.3. The molecule has 5 aromatic rings. The first-order chi connectivity index (χ1) is 18.6.